The first-order valence-corrected chi connectivity index (χ1v) is 6.62. The Bertz CT molecular complexity index is 870. The molecule has 3 aromatic rings. The van der Waals surface area contributed by atoms with E-state index in [-0.39, 0.29) is 10.6 Å². The van der Waals surface area contributed by atoms with Crippen molar-refractivity contribution in [3.63, 3.8) is 0 Å². The Morgan fingerprint density at radius 3 is 2.62 bits per heavy atom. The zero-order valence-electron chi connectivity index (χ0n) is 11.0. The van der Waals surface area contributed by atoms with E-state index in [1.165, 1.54) is 6.20 Å². The van der Waals surface area contributed by atoms with Gasteiger partial charge in [-0.1, -0.05) is 23.7 Å². The summed E-state index contributed by atoms with van der Waals surface area (Å²) in [6.45, 7) is 1.93. The molecule has 0 saturated carbocycles. The lowest BCUT2D eigenvalue weighted by Gasteiger charge is -2.03. The summed E-state index contributed by atoms with van der Waals surface area (Å²) in [6.07, 6.45) is 1.50. The highest BCUT2D eigenvalue weighted by Crippen LogP contribution is 2.25. The third kappa shape index (κ3) is 2.32. The lowest BCUT2D eigenvalue weighted by Crippen LogP contribution is -2.04. The van der Waals surface area contributed by atoms with Crippen LogP contribution in [0.1, 0.15) is 21.5 Å². The number of fused-ring (bicyclic) bond motifs is 1. The van der Waals surface area contributed by atoms with Gasteiger partial charge in [0.15, 0.2) is 5.78 Å². The minimum absolute atomic E-state index is 0.297. The fraction of sp³-hybridized carbons (Fsp3) is 0.0625. The molecule has 0 atom stereocenters. The molecule has 2 aromatic carbocycles. The standard InChI is InChI=1S/C16H10ClF2NO/c1-8-2-3-9-11(7-20-15(9)4-8)16(21)10-5-14(19)12(17)6-13(10)18/h2-7,20H,1H3. The SMILES string of the molecule is Cc1ccc2c(C(=O)c3cc(F)c(Cl)cc3F)c[nH]c2c1. The summed E-state index contributed by atoms with van der Waals surface area (Å²) in [5.74, 6) is -2.25. The van der Waals surface area contributed by atoms with E-state index >= 15 is 0 Å². The highest BCUT2D eigenvalue weighted by atomic mass is 35.5. The maximum absolute atomic E-state index is 13.9. The van der Waals surface area contributed by atoms with Gasteiger partial charge in [0.05, 0.1) is 10.6 Å². The lowest BCUT2D eigenvalue weighted by molar-refractivity contribution is 0.103. The van der Waals surface area contributed by atoms with Crippen molar-refractivity contribution in [2.75, 3.05) is 0 Å². The molecule has 1 aromatic heterocycles. The third-order valence-electron chi connectivity index (χ3n) is 3.34. The number of aromatic amines is 1. The number of halogens is 3. The maximum Gasteiger partial charge on any atom is 0.198 e. The molecule has 0 saturated heterocycles. The van der Waals surface area contributed by atoms with E-state index in [1.54, 1.807) is 6.07 Å². The number of rotatable bonds is 2. The minimum atomic E-state index is -0.840. The molecular weight excluding hydrogens is 296 g/mol. The Kier molecular flexibility index (Phi) is 3.26. The summed E-state index contributed by atoms with van der Waals surface area (Å²) in [5.41, 5.74) is 1.77. The van der Waals surface area contributed by atoms with Crippen LogP contribution >= 0.6 is 11.6 Å². The minimum Gasteiger partial charge on any atom is -0.360 e. The number of hydrogen-bond donors (Lipinski definition) is 1. The van der Waals surface area contributed by atoms with Crippen LogP contribution in [0.2, 0.25) is 5.02 Å². The molecule has 0 aliphatic heterocycles. The predicted octanol–water partition coefficient (Wildman–Crippen LogP) is 4.64. The first kappa shape index (κ1) is 13.8. The normalized spacial score (nSPS) is 11.0. The van der Waals surface area contributed by atoms with Crippen molar-refractivity contribution in [2.45, 2.75) is 6.92 Å². The smallest absolute Gasteiger partial charge is 0.198 e. The Balaban J connectivity index is 2.15. The van der Waals surface area contributed by atoms with Gasteiger partial charge >= 0.3 is 0 Å². The number of aryl methyl sites for hydroxylation is 1. The molecule has 0 amide bonds. The quantitative estimate of drug-likeness (QED) is 0.543. The molecule has 106 valence electrons. The molecule has 0 aliphatic rings. The predicted molar refractivity (Wildman–Crippen MR) is 77.8 cm³/mol. The van der Waals surface area contributed by atoms with E-state index in [0.717, 1.165) is 23.2 Å². The topological polar surface area (TPSA) is 32.9 Å². The lowest BCUT2D eigenvalue weighted by atomic mass is 10.0. The van der Waals surface area contributed by atoms with Crippen molar-refractivity contribution >= 4 is 28.3 Å². The van der Waals surface area contributed by atoms with Gasteiger partial charge in [-0.15, -0.1) is 0 Å². The van der Waals surface area contributed by atoms with Gasteiger partial charge in [0.25, 0.3) is 0 Å². The Morgan fingerprint density at radius 2 is 1.86 bits per heavy atom. The van der Waals surface area contributed by atoms with Gasteiger partial charge in [-0.2, -0.15) is 0 Å². The van der Waals surface area contributed by atoms with Crippen molar-refractivity contribution in [3.8, 4) is 0 Å². The first-order valence-electron chi connectivity index (χ1n) is 6.24. The second-order valence-electron chi connectivity index (χ2n) is 4.83. The van der Waals surface area contributed by atoms with Crippen LogP contribution in [0.4, 0.5) is 8.78 Å². The van der Waals surface area contributed by atoms with Crippen LogP contribution in [0.25, 0.3) is 10.9 Å². The van der Waals surface area contributed by atoms with Crippen LogP contribution in [0.5, 0.6) is 0 Å². The summed E-state index contributed by atoms with van der Waals surface area (Å²) in [7, 11) is 0. The molecule has 0 spiro atoms. The molecule has 2 nitrogen and oxygen atoms in total. The molecule has 0 radical (unpaired) electrons. The van der Waals surface area contributed by atoms with Gasteiger partial charge in [-0.25, -0.2) is 8.78 Å². The molecular formula is C16H10ClF2NO. The van der Waals surface area contributed by atoms with Gasteiger partial charge in [-0.05, 0) is 30.7 Å². The van der Waals surface area contributed by atoms with E-state index < -0.39 is 17.4 Å². The number of carbonyl (C=O) groups excluding carboxylic acids is 1. The number of benzene rings is 2. The number of aromatic nitrogens is 1. The average Bonchev–Trinajstić information content (AvgIpc) is 2.85. The van der Waals surface area contributed by atoms with Crippen LogP contribution in [-0.2, 0) is 0 Å². The van der Waals surface area contributed by atoms with E-state index in [9.17, 15) is 13.6 Å². The maximum atomic E-state index is 13.9. The monoisotopic (exact) mass is 305 g/mol. The van der Waals surface area contributed by atoms with Gasteiger partial charge < -0.3 is 4.98 Å². The van der Waals surface area contributed by atoms with Crippen molar-refractivity contribution in [1.82, 2.24) is 4.98 Å². The fourth-order valence-electron chi connectivity index (χ4n) is 2.27. The Hall–Kier alpha value is -2.20. The molecule has 5 heteroatoms. The molecule has 21 heavy (non-hydrogen) atoms. The van der Waals surface area contributed by atoms with E-state index in [2.05, 4.69) is 4.98 Å². The fourth-order valence-corrected chi connectivity index (χ4v) is 2.42. The summed E-state index contributed by atoms with van der Waals surface area (Å²) in [6, 6.07) is 7.14. The zero-order chi connectivity index (χ0) is 15.1. The van der Waals surface area contributed by atoms with Gasteiger partial charge in [0.1, 0.15) is 11.6 Å². The summed E-state index contributed by atoms with van der Waals surface area (Å²) < 4.78 is 27.3. The number of carbonyl (C=O) groups is 1. The van der Waals surface area contributed by atoms with Crippen LogP contribution in [0.3, 0.4) is 0 Å². The molecule has 1 heterocycles. The molecule has 0 fully saturated rings. The van der Waals surface area contributed by atoms with Crippen molar-refractivity contribution in [3.05, 3.63) is 69.9 Å². The first-order chi connectivity index (χ1) is 9.97. The van der Waals surface area contributed by atoms with Gasteiger partial charge in [-0.3, -0.25) is 4.79 Å². The zero-order valence-corrected chi connectivity index (χ0v) is 11.8. The van der Waals surface area contributed by atoms with Crippen LogP contribution in [0, 0.1) is 18.6 Å². The molecule has 1 N–H and O–H groups in total. The van der Waals surface area contributed by atoms with E-state index in [0.29, 0.717) is 10.9 Å². The van der Waals surface area contributed by atoms with Crippen LogP contribution in [0.15, 0.2) is 36.5 Å². The second kappa shape index (κ2) is 4.97. The Labute approximate surface area is 124 Å². The molecule has 0 unspecified atom stereocenters. The third-order valence-corrected chi connectivity index (χ3v) is 3.63. The number of nitrogens with one attached hydrogen (secondary N) is 1. The summed E-state index contributed by atoms with van der Waals surface area (Å²) >= 11 is 5.50. The number of hydrogen-bond acceptors (Lipinski definition) is 1. The number of H-pyrrole nitrogens is 1. The second-order valence-corrected chi connectivity index (χ2v) is 5.23. The molecule has 3 rings (SSSR count). The molecule has 0 bridgehead atoms. The van der Waals surface area contributed by atoms with Crippen molar-refractivity contribution in [2.24, 2.45) is 0 Å². The van der Waals surface area contributed by atoms with Crippen LogP contribution in [-0.4, -0.2) is 10.8 Å². The summed E-state index contributed by atoms with van der Waals surface area (Å²) in [4.78, 5) is 15.4. The van der Waals surface area contributed by atoms with Crippen LogP contribution < -0.4 is 0 Å². The highest BCUT2D eigenvalue weighted by molar-refractivity contribution is 6.31. The molecule has 0 aliphatic carbocycles. The number of ketones is 1. The highest BCUT2D eigenvalue weighted by Gasteiger charge is 2.19. The van der Waals surface area contributed by atoms with E-state index in [4.69, 9.17) is 11.6 Å². The summed E-state index contributed by atoms with van der Waals surface area (Å²) in [5, 5.41) is 0.318. The average molecular weight is 306 g/mol. The largest absolute Gasteiger partial charge is 0.360 e. The van der Waals surface area contributed by atoms with Gasteiger partial charge in [0.2, 0.25) is 0 Å². The van der Waals surface area contributed by atoms with Crippen molar-refractivity contribution in [1.29, 1.82) is 0 Å². The van der Waals surface area contributed by atoms with E-state index in [1.807, 2.05) is 19.1 Å². The van der Waals surface area contributed by atoms with Gasteiger partial charge in [0, 0.05) is 22.7 Å². The van der Waals surface area contributed by atoms with Crippen molar-refractivity contribution < 1.29 is 13.6 Å². The Morgan fingerprint density at radius 1 is 1.10 bits per heavy atom.